The third-order valence-electron chi connectivity index (χ3n) is 3.62. The molecule has 0 N–H and O–H groups in total. The third kappa shape index (κ3) is 1.83. The van der Waals surface area contributed by atoms with Crippen molar-refractivity contribution < 1.29 is 14.3 Å². The molecule has 0 amide bonds. The van der Waals surface area contributed by atoms with Gasteiger partial charge in [0.2, 0.25) is 0 Å². The van der Waals surface area contributed by atoms with E-state index in [1.165, 1.54) is 7.11 Å². The molecular formula is C15H20O3. The van der Waals surface area contributed by atoms with E-state index < -0.39 is 11.2 Å². The number of esters is 1. The number of methoxy groups -OCH3 is 1. The van der Waals surface area contributed by atoms with E-state index in [9.17, 15) is 4.79 Å². The van der Waals surface area contributed by atoms with E-state index in [0.717, 1.165) is 12.0 Å². The number of epoxide rings is 1. The zero-order chi connectivity index (χ0) is 13.4. The molecule has 0 bridgehead atoms. The fourth-order valence-corrected chi connectivity index (χ4v) is 2.70. The Labute approximate surface area is 108 Å². The van der Waals surface area contributed by atoms with Gasteiger partial charge in [0, 0.05) is 0 Å². The van der Waals surface area contributed by atoms with Crippen molar-refractivity contribution in [2.75, 3.05) is 7.11 Å². The van der Waals surface area contributed by atoms with Crippen molar-refractivity contribution in [3.63, 3.8) is 0 Å². The largest absolute Gasteiger partial charge is 0.467 e. The van der Waals surface area contributed by atoms with Crippen LogP contribution in [0.15, 0.2) is 30.3 Å². The molecule has 1 aliphatic rings. The summed E-state index contributed by atoms with van der Waals surface area (Å²) in [7, 11) is 1.40. The van der Waals surface area contributed by atoms with Gasteiger partial charge < -0.3 is 9.47 Å². The molecule has 98 valence electrons. The molecule has 18 heavy (non-hydrogen) atoms. The van der Waals surface area contributed by atoms with E-state index in [4.69, 9.17) is 9.47 Å². The van der Waals surface area contributed by atoms with E-state index in [-0.39, 0.29) is 5.97 Å². The average Bonchev–Trinajstić information content (AvgIpc) is 2.96. The van der Waals surface area contributed by atoms with Crippen LogP contribution in [-0.2, 0) is 19.9 Å². The quantitative estimate of drug-likeness (QED) is 0.607. The van der Waals surface area contributed by atoms with E-state index >= 15 is 0 Å². The molecule has 2 unspecified atom stereocenters. The average molecular weight is 248 g/mol. The van der Waals surface area contributed by atoms with Crippen molar-refractivity contribution in [2.24, 2.45) is 5.92 Å². The van der Waals surface area contributed by atoms with Crippen LogP contribution in [0.4, 0.5) is 0 Å². The standard InChI is InChI=1S/C15H20O3/c1-11(2)10-15(12-8-6-5-7-9-12)14(3,18-15)13(16)17-4/h5-9,11H,10H2,1-4H3. The topological polar surface area (TPSA) is 38.8 Å². The molecule has 0 spiro atoms. The molecule has 1 aromatic carbocycles. The summed E-state index contributed by atoms with van der Waals surface area (Å²) < 4.78 is 10.7. The number of benzene rings is 1. The molecule has 0 saturated carbocycles. The molecule has 0 radical (unpaired) electrons. The van der Waals surface area contributed by atoms with Gasteiger partial charge in [0.25, 0.3) is 0 Å². The number of carbonyl (C=O) groups excluding carboxylic acids is 1. The van der Waals surface area contributed by atoms with Gasteiger partial charge >= 0.3 is 5.97 Å². The van der Waals surface area contributed by atoms with E-state index in [1.54, 1.807) is 0 Å². The van der Waals surface area contributed by atoms with Gasteiger partial charge in [-0.15, -0.1) is 0 Å². The lowest BCUT2D eigenvalue weighted by molar-refractivity contribution is -0.146. The fourth-order valence-electron chi connectivity index (χ4n) is 2.70. The maximum Gasteiger partial charge on any atom is 0.341 e. The Balaban J connectivity index is 2.37. The van der Waals surface area contributed by atoms with Crippen LogP contribution in [0.3, 0.4) is 0 Å². The van der Waals surface area contributed by atoms with Gasteiger partial charge in [0.1, 0.15) is 5.60 Å². The summed E-state index contributed by atoms with van der Waals surface area (Å²) in [5.74, 6) is 0.142. The van der Waals surface area contributed by atoms with Crippen molar-refractivity contribution in [3.8, 4) is 0 Å². The molecule has 2 rings (SSSR count). The minimum absolute atomic E-state index is 0.299. The summed E-state index contributed by atoms with van der Waals surface area (Å²) in [4.78, 5) is 11.9. The van der Waals surface area contributed by atoms with Crippen LogP contribution in [0, 0.1) is 5.92 Å². The van der Waals surface area contributed by atoms with Crippen molar-refractivity contribution in [1.29, 1.82) is 0 Å². The lowest BCUT2D eigenvalue weighted by Gasteiger charge is -2.18. The Hall–Kier alpha value is -1.35. The van der Waals surface area contributed by atoms with Crippen LogP contribution in [0.1, 0.15) is 32.8 Å². The predicted molar refractivity (Wildman–Crippen MR) is 69.1 cm³/mol. The Morgan fingerprint density at radius 1 is 1.33 bits per heavy atom. The number of carbonyl (C=O) groups is 1. The van der Waals surface area contributed by atoms with Crippen LogP contribution in [0.2, 0.25) is 0 Å². The maximum absolute atomic E-state index is 11.9. The monoisotopic (exact) mass is 248 g/mol. The van der Waals surface area contributed by atoms with E-state index in [1.807, 2.05) is 37.3 Å². The number of hydrogen-bond acceptors (Lipinski definition) is 3. The summed E-state index contributed by atoms with van der Waals surface area (Å²) in [6, 6.07) is 9.92. The molecule has 1 heterocycles. The molecule has 0 aliphatic carbocycles. The van der Waals surface area contributed by atoms with Crippen LogP contribution in [-0.4, -0.2) is 18.7 Å². The Kier molecular flexibility index (Phi) is 3.20. The maximum atomic E-state index is 11.9. The molecular weight excluding hydrogens is 228 g/mol. The highest BCUT2D eigenvalue weighted by molar-refractivity contribution is 5.84. The highest BCUT2D eigenvalue weighted by atomic mass is 16.7. The Morgan fingerprint density at radius 2 is 1.94 bits per heavy atom. The van der Waals surface area contributed by atoms with Gasteiger partial charge in [0.15, 0.2) is 5.60 Å². The van der Waals surface area contributed by atoms with Gasteiger partial charge in [-0.05, 0) is 24.8 Å². The second kappa shape index (κ2) is 4.39. The van der Waals surface area contributed by atoms with Gasteiger partial charge in [-0.3, -0.25) is 0 Å². The molecule has 1 fully saturated rings. The lowest BCUT2D eigenvalue weighted by atomic mass is 9.81. The van der Waals surface area contributed by atoms with Crippen LogP contribution in [0.5, 0.6) is 0 Å². The second-order valence-corrected chi connectivity index (χ2v) is 5.42. The first kappa shape index (κ1) is 13.1. The normalized spacial score (nSPS) is 30.3. The minimum Gasteiger partial charge on any atom is -0.467 e. The summed E-state index contributed by atoms with van der Waals surface area (Å²) in [5, 5.41) is 0. The van der Waals surface area contributed by atoms with Crippen LogP contribution < -0.4 is 0 Å². The highest BCUT2D eigenvalue weighted by Crippen LogP contribution is 2.59. The summed E-state index contributed by atoms with van der Waals surface area (Å²) in [6.07, 6.45) is 0.808. The first-order valence-corrected chi connectivity index (χ1v) is 6.30. The zero-order valence-electron chi connectivity index (χ0n) is 11.4. The predicted octanol–water partition coefficient (Wildman–Crippen LogP) is 2.89. The lowest BCUT2D eigenvalue weighted by Crippen LogP contribution is -2.32. The van der Waals surface area contributed by atoms with Gasteiger partial charge in [-0.2, -0.15) is 0 Å². The van der Waals surface area contributed by atoms with Gasteiger partial charge in [-0.1, -0.05) is 44.2 Å². The van der Waals surface area contributed by atoms with Crippen LogP contribution >= 0.6 is 0 Å². The number of ether oxygens (including phenoxy) is 2. The fraction of sp³-hybridized carbons (Fsp3) is 0.533. The van der Waals surface area contributed by atoms with Crippen molar-refractivity contribution in [2.45, 2.75) is 38.4 Å². The number of hydrogen-bond donors (Lipinski definition) is 0. The Bertz CT molecular complexity index is 440. The third-order valence-corrected chi connectivity index (χ3v) is 3.62. The SMILES string of the molecule is COC(=O)C1(C)OC1(CC(C)C)c1ccccc1. The van der Waals surface area contributed by atoms with Crippen LogP contribution in [0.25, 0.3) is 0 Å². The molecule has 3 nitrogen and oxygen atoms in total. The first-order valence-electron chi connectivity index (χ1n) is 6.30. The second-order valence-electron chi connectivity index (χ2n) is 5.42. The first-order chi connectivity index (χ1) is 8.46. The van der Waals surface area contributed by atoms with Crippen molar-refractivity contribution >= 4 is 5.97 Å². The molecule has 1 aliphatic heterocycles. The van der Waals surface area contributed by atoms with Crippen molar-refractivity contribution in [1.82, 2.24) is 0 Å². The van der Waals surface area contributed by atoms with Gasteiger partial charge in [-0.25, -0.2) is 4.79 Å². The smallest absolute Gasteiger partial charge is 0.341 e. The Morgan fingerprint density at radius 3 is 2.44 bits per heavy atom. The molecule has 0 aromatic heterocycles. The molecule has 2 atom stereocenters. The van der Waals surface area contributed by atoms with E-state index in [0.29, 0.717) is 5.92 Å². The highest BCUT2D eigenvalue weighted by Gasteiger charge is 2.73. The summed E-state index contributed by atoms with van der Waals surface area (Å²) >= 11 is 0. The van der Waals surface area contributed by atoms with Crippen molar-refractivity contribution in [3.05, 3.63) is 35.9 Å². The number of rotatable bonds is 4. The molecule has 1 aromatic rings. The summed E-state index contributed by atoms with van der Waals surface area (Å²) in [5.41, 5.74) is -0.338. The summed E-state index contributed by atoms with van der Waals surface area (Å²) in [6.45, 7) is 6.07. The molecule has 1 saturated heterocycles. The zero-order valence-corrected chi connectivity index (χ0v) is 11.4. The van der Waals surface area contributed by atoms with Gasteiger partial charge in [0.05, 0.1) is 7.11 Å². The van der Waals surface area contributed by atoms with E-state index in [2.05, 4.69) is 13.8 Å². The minimum atomic E-state index is -0.854. The molecule has 3 heteroatoms.